The third-order valence-corrected chi connectivity index (χ3v) is 10.6. The number of hydrogen-bond donors (Lipinski definition) is 2. The van der Waals surface area contributed by atoms with Crippen LogP contribution in [0, 0.1) is 5.92 Å². The van der Waals surface area contributed by atoms with Gasteiger partial charge in [0.25, 0.3) is 0 Å². The lowest BCUT2D eigenvalue weighted by Gasteiger charge is -2.41. The number of phenolic OH excluding ortho intramolecular Hbond substituents is 1. The molecule has 9 nitrogen and oxygen atoms in total. The van der Waals surface area contributed by atoms with E-state index in [9.17, 15) is 19.5 Å². The van der Waals surface area contributed by atoms with E-state index >= 15 is 0 Å². The highest BCUT2D eigenvalue weighted by Crippen LogP contribution is 2.35. The highest BCUT2D eigenvalue weighted by atomic mass is 79.9. The van der Waals surface area contributed by atoms with Gasteiger partial charge in [0.1, 0.15) is 5.75 Å². The van der Waals surface area contributed by atoms with Gasteiger partial charge in [-0.15, -0.1) is 0 Å². The molecule has 2 N–H and O–H groups in total. The minimum atomic E-state index is -0.527. The van der Waals surface area contributed by atoms with Crippen molar-refractivity contribution in [3.63, 3.8) is 0 Å². The molecule has 3 aromatic rings. The van der Waals surface area contributed by atoms with Crippen LogP contribution in [0.3, 0.4) is 0 Å². The van der Waals surface area contributed by atoms with Gasteiger partial charge in [-0.3, -0.25) is 14.6 Å². The van der Waals surface area contributed by atoms with Crippen molar-refractivity contribution in [2.45, 2.75) is 57.0 Å². The normalized spacial score (nSPS) is 18.4. The van der Waals surface area contributed by atoms with Crippen LogP contribution in [0.25, 0.3) is 0 Å². The summed E-state index contributed by atoms with van der Waals surface area (Å²) in [5.74, 6) is -0.0813. The van der Waals surface area contributed by atoms with Crippen LogP contribution in [0.4, 0.5) is 10.5 Å². The molecule has 3 aliphatic heterocycles. The predicted molar refractivity (Wildman–Crippen MR) is 179 cm³/mol. The molecule has 0 unspecified atom stereocenters. The van der Waals surface area contributed by atoms with E-state index in [1.165, 1.54) is 5.56 Å². The highest BCUT2D eigenvalue weighted by Gasteiger charge is 2.35. The smallest absolute Gasteiger partial charge is 0.322 e. The molecule has 11 heteroatoms. The van der Waals surface area contributed by atoms with Gasteiger partial charge in [0.05, 0.1) is 14.9 Å². The van der Waals surface area contributed by atoms with E-state index in [2.05, 4.69) is 42.2 Å². The summed E-state index contributed by atoms with van der Waals surface area (Å²) in [6.07, 6.45) is 7.25. The minimum absolute atomic E-state index is 0.00427. The molecule has 4 heterocycles. The Hall–Kier alpha value is -3.44. The number of anilines is 1. The van der Waals surface area contributed by atoms with E-state index in [1.54, 1.807) is 0 Å². The lowest BCUT2D eigenvalue weighted by Crippen LogP contribution is -2.51. The van der Waals surface area contributed by atoms with Crippen LogP contribution in [0.1, 0.15) is 54.7 Å². The Morgan fingerprint density at radius 2 is 1.58 bits per heavy atom. The van der Waals surface area contributed by atoms with E-state index in [0.29, 0.717) is 66.8 Å². The van der Waals surface area contributed by atoms with Gasteiger partial charge < -0.3 is 25.1 Å². The van der Waals surface area contributed by atoms with Crippen molar-refractivity contribution in [1.82, 2.24) is 19.7 Å². The highest BCUT2D eigenvalue weighted by molar-refractivity contribution is 9.11. The van der Waals surface area contributed by atoms with Crippen molar-refractivity contribution in [2.24, 2.45) is 5.92 Å². The van der Waals surface area contributed by atoms with Gasteiger partial charge in [0.2, 0.25) is 11.8 Å². The Morgan fingerprint density at radius 1 is 0.933 bits per heavy atom. The maximum Gasteiger partial charge on any atom is 0.322 e. The van der Waals surface area contributed by atoms with Gasteiger partial charge >= 0.3 is 6.03 Å². The molecule has 0 radical (unpaired) electrons. The number of hydrogen-bond acceptors (Lipinski definition) is 5. The number of benzene rings is 2. The number of amides is 4. The minimum Gasteiger partial charge on any atom is -0.506 e. The fraction of sp³-hybridized carbons (Fsp3) is 0.412. The summed E-state index contributed by atoms with van der Waals surface area (Å²) in [5, 5.41) is 13.2. The van der Waals surface area contributed by atoms with Crippen molar-refractivity contribution in [2.75, 3.05) is 31.5 Å². The van der Waals surface area contributed by atoms with Gasteiger partial charge in [0.15, 0.2) is 0 Å². The molecule has 0 aliphatic carbocycles. The van der Waals surface area contributed by atoms with E-state index in [4.69, 9.17) is 0 Å². The number of halogens is 2. The fourth-order valence-electron chi connectivity index (χ4n) is 6.88. The van der Waals surface area contributed by atoms with Gasteiger partial charge in [0, 0.05) is 63.3 Å². The summed E-state index contributed by atoms with van der Waals surface area (Å²) in [4.78, 5) is 50.4. The molecule has 1 atom stereocenters. The van der Waals surface area contributed by atoms with Crippen molar-refractivity contribution >= 4 is 55.4 Å². The van der Waals surface area contributed by atoms with Crippen molar-refractivity contribution in [1.29, 1.82) is 0 Å². The van der Waals surface area contributed by atoms with Crippen molar-refractivity contribution in [3.8, 4) is 5.75 Å². The second kappa shape index (κ2) is 13.9. The maximum atomic E-state index is 14.0. The molecular weight excluding hydrogens is 702 g/mol. The monoisotopic (exact) mass is 737 g/mol. The number of likely N-dealkylation sites (tertiary alicyclic amines) is 2. The summed E-state index contributed by atoms with van der Waals surface area (Å²) in [7, 11) is 0. The summed E-state index contributed by atoms with van der Waals surface area (Å²) in [6.45, 7) is 2.94. The summed E-state index contributed by atoms with van der Waals surface area (Å²) in [5.41, 5.74) is 4.06. The summed E-state index contributed by atoms with van der Waals surface area (Å²) >= 11 is 6.81. The third-order valence-electron chi connectivity index (χ3n) is 9.43. The molecule has 236 valence electrons. The topological polar surface area (TPSA) is 106 Å². The molecule has 4 amide bonds. The van der Waals surface area contributed by atoms with Gasteiger partial charge in [-0.2, -0.15) is 0 Å². The molecule has 3 aliphatic rings. The molecule has 0 bridgehead atoms. The van der Waals surface area contributed by atoms with E-state index in [1.807, 2.05) is 75.6 Å². The van der Waals surface area contributed by atoms with Crippen LogP contribution >= 0.6 is 31.9 Å². The number of aromatic nitrogens is 1. The van der Waals surface area contributed by atoms with Crippen LogP contribution in [0.5, 0.6) is 5.75 Å². The van der Waals surface area contributed by atoms with Crippen LogP contribution < -0.4 is 5.32 Å². The number of rotatable bonds is 7. The number of piperidine rings is 2. The van der Waals surface area contributed by atoms with Gasteiger partial charge in [-0.25, -0.2) is 4.79 Å². The second-order valence-corrected chi connectivity index (χ2v) is 13.9. The Morgan fingerprint density at radius 3 is 2.27 bits per heavy atom. The van der Waals surface area contributed by atoms with Crippen molar-refractivity contribution < 1.29 is 19.5 Å². The molecule has 1 aromatic heterocycles. The SMILES string of the molecule is O=C(C[C@@H](Cc1cc(Br)c(O)c(Br)c1)C(=O)N1CCC(c2ccncc2)CC1)N1CCC(N2Cc3ccccc3NC2=O)CC1. The van der Waals surface area contributed by atoms with Crippen LogP contribution in [0.2, 0.25) is 0 Å². The number of para-hydroxylation sites is 1. The number of urea groups is 1. The number of carbonyl (C=O) groups excluding carboxylic acids is 3. The molecule has 2 aromatic carbocycles. The summed E-state index contributed by atoms with van der Waals surface area (Å²) < 4.78 is 1.07. The van der Waals surface area contributed by atoms with Crippen LogP contribution in [-0.4, -0.2) is 74.9 Å². The van der Waals surface area contributed by atoms with E-state index < -0.39 is 5.92 Å². The standard InChI is InChI=1S/C34H37Br2N5O4/c35-28-18-22(19-29(36)32(28)43)17-26(33(44)40-13-7-24(8-14-40)23-5-11-37-12-6-23)20-31(42)39-15-9-27(10-16-39)41-21-25-3-1-2-4-30(25)38-34(41)45/h1-6,11-12,18-19,24,26-27,43H,7-10,13-17,20-21H2,(H,38,45)/t26-/m1/s1. The number of pyridine rings is 1. The van der Waals surface area contributed by atoms with E-state index in [-0.39, 0.29) is 36.1 Å². The Balaban J connectivity index is 1.11. The first-order valence-corrected chi connectivity index (χ1v) is 17.1. The lowest BCUT2D eigenvalue weighted by molar-refractivity contribution is -0.142. The second-order valence-electron chi connectivity index (χ2n) is 12.2. The number of fused-ring (bicyclic) bond motifs is 1. The van der Waals surface area contributed by atoms with Gasteiger partial charge in [-0.1, -0.05) is 18.2 Å². The number of aromatic hydroxyl groups is 1. The average molecular weight is 740 g/mol. The molecular formula is C34H37Br2N5O4. The molecule has 2 saturated heterocycles. The summed E-state index contributed by atoms with van der Waals surface area (Å²) in [6, 6.07) is 15.5. The Labute approximate surface area is 280 Å². The number of nitrogens with zero attached hydrogens (tertiary/aromatic N) is 4. The molecule has 2 fully saturated rings. The first-order valence-electron chi connectivity index (χ1n) is 15.6. The Bertz CT molecular complexity index is 1530. The van der Waals surface area contributed by atoms with Gasteiger partial charge in [-0.05, 0) is 117 Å². The third kappa shape index (κ3) is 7.19. The quantitative estimate of drug-likeness (QED) is 0.296. The first kappa shape index (κ1) is 31.5. The van der Waals surface area contributed by atoms with Crippen LogP contribution in [-0.2, 0) is 22.6 Å². The average Bonchev–Trinajstić information content (AvgIpc) is 3.06. The van der Waals surface area contributed by atoms with E-state index in [0.717, 1.165) is 29.7 Å². The zero-order chi connectivity index (χ0) is 31.5. The molecule has 0 saturated carbocycles. The fourth-order valence-corrected chi connectivity index (χ4v) is 8.16. The van der Waals surface area contributed by atoms with Crippen molar-refractivity contribution in [3.05, 3.63) is 86.6 Å². The largest absolute Gasteiger partial charge is 0.506 e. The van der Waals surface area contributed by atoms with Crippen LogP contribution in [0.15, 0.2) is 69.9 Å². The zero-order valence-corrected chi connectivity index (χ0v) is 28.2. The zero-order valence-electron chi connectivity index (χ0n) is 25.0. The molecule has 6 rings (SSSR count). The predicted octanol–water partition coefficient (Wildman–Crippen LogP) is 6.31. The number of carbonyl (C=O) groups is 3. The Kier molecular flexibility index (Phi) is 9.75. The number of phenols is 1. The first-order chi connectivity index (χ1) is 21.8. The number of nitrogens with one attached hydrogen (secondary N) is 1. The lowest BCUT2D eigenvalue weighted by atomic mass is 9.88. The maximum absolute atomic E-state index is 14.0. The molecule has 45 heavy (non-hydrogen) atoms. The molecule has 0 spiro atoms.